The first-order chi connectivity index (χ1) is 13.7. The van der Waals surface area contributed by atoms with Crippen molar-refractivity contribution in [1.82, 2.24) is 4.90 Å². The zero-order chi connectivity index (χ0) is 21.2. The van der Waals surface area contributed by atoms with Crippen molar-refractivity contribution >= 4 is 38.9 Å². The Morgan fingerprint density at radius 1 is 1.14 bits per heavy atom. The number of hydrogen-bond acceptors (Lipinski definition) is 4. The van der Waals surface area contributed by atoms with Crippen molar-refractivity contribution in [2.75, 3.05) is 48.2 Å². The Balaban J connectivity index is 1.70. The Labute approximate surface area is 175 Å². The highest BCUT2D eigenvalue weighted by atomic mass is 35.5. The van der Waals surface area contributed by atoms with Crippen molar-refractivity contribution in [3.63, 3.8) is 0 Å². The van der Waals surface area contributed by atoms with E-state index in [4.69, 9.17) is 11.6 Å². The van der Waals surface area contributed by atoms with E-state index in [1.807, 2.05) is 25.1 Å². The summed E-state index contributed by atoms with van der Waals surface area (Å²) in [4.78, 5) is 16.5. The molecule has 3 rings (SSSR count). The number of halogens is 2. The summed E-state index contributed by atoms with van der Waals surface area (Å²) in [5.41, 5.74) is 1.99. The second-order valence-electron chi connectivity index (χ2n) is 7.02. The smallest absolute Gasteiger partial charge is 0.243 e. The number of carbonyl (C=O) groups excluding carboxylic acids is 1. The molecule has 1 aliphatic heterocycles. The largest absolute Gasteiger partial charge is 0.368 e. The molecule has 1 amide bonds. The fourth-order valence-corrected chi connectivity index (χ4v) is 4.39. The van der Waals surface area contributed by atoms with Crippen molar-refractivity contribution in [3.05, 3.63) is 58.9 Å². The van der Waals surface area contributed by atoms with Crippen molar-refractivity contribution in [3.8, 4) is 0 Å². The highest BCUT2D eigenvalue weighted by molar-refractivity contribution is 7.92. The maximum Gasteiger partial charge on any atom is 0.243 e. The van der Waals surface area contributed by atoms with Crippen LogP contribution in [0.3, 0.4) is 0 Å². The minimum absolute atomic E-state index is 0.128. The van der Waals surface area contributed by atoms with Gasteiger partial charge in [0, 0.05) is 36.9 Å². The fourth-order valence-electron chi connectivity index (χ4n) is 3.38. The quantitative estimate of drug-likeness (QED) is 0.718. The van der Waals surface area contributed by atoms with Gasteiger partial charge in [-0.15, -0.1) is 0 Å². The number of para-hydroxylation sites is 1. The van der Waals surface area contributed by atoms with Crippen LogP contribution in [0.25, 0.3) is 0 Å². The topological polar surface area (TPSA) is 60.9 Å². The lowest BCUT2D eigenvalue weighted by Crippen LogP contribution is -2.52. The van der Waals surface area contributed by atoms with E-state index in [1.165, 1.54) is 24.3 Å². The molecule has 1 heterocycles. The molecule has 1 fully saturated rings. The van der Waals surface area contributed by atoms with Crippen LogP contribution in [0.15, 0.2) is 42.5 Å². The number of nitrogens with zero attached hydrogens (tertiary/aromatic N) is 3. The molecule has 0 bridgehead atoms. The SMILES string of the molecule is Cc1ccc(Cl)cc1N1CCN(C(=O)CN(c2ccccc2F)S(C)(=O)=O)CC1. The Kier molecular flexibility index (Phi) is 6.33. The first-order valence-corrected chi connectivity index (χ1v) is 11.4. The standard InChI is InChI=1S/C20H23ClFN3O3S/c1-15-7-8-16(21)13-19(15)23-9-11-24(12-10-23)20(26)14-25(29(2,27)28)18-6-4-3-5-17(18)22/h3-8,13H,9-12,14H2,1-2H3. The Hall–Kier alpha value is -2.32. The number of amides is 1. The third-order valence-corrected chi connectivity index (χ3v) is 6.31. The number of aryl methyl sites for hydroxylation is 1. The Morgan fingerprint density at radius 3 is 2.41 bits per heavy atom. The predicted molar refractivity (Wildman–Crippen MR) is 114 cm³/mol. The van der Waals surface area contributed by atoms with Gasteiger partial charge in [-0.2, -0.15) is 0 Å². The summed E-state index contributed by atoms with van der Waals surface area (Å²) in [5, 5.41) is 0.651. The number of piperazine rings is 1. The first-order valence-electron chi connectivity index (χ1n) is 9.18. The molecule has 156 valence electrons. The first kappa shape index (κ1) is 21.4. The number of rotatable bonds is 5. The molecule has 0 aromatic heterocycles. The molecule has 6 nitrogen and oxygen atoms in total. The summed E-state index contributed by atoms with van der Waals surface area (Å²) >= 11 is 6.10. The van der Waals surface area contributed by atoms with Gasteiger partial charge in [-0.1, -0.05) is 29.8 Å². The number of hydrogen-bond donors (Lipinski definition) is 0. The predicted octanol–water partition coefficient (Wildman–Crippen LogP) is 2.90. The maximum atomic E-state index is 14.1. The summed E-state index contributed by atoms with van der Waals surface area (Å²) in [6.45, 7) is 3.66. The van der Waals surface area contributed by atoms with Gasteiger partial charge in [0.05, 0.1) is 11.9 Å². The van der Waals surface area contributed by atoms with Gasteiger partial charge in [0.25, 0.3) is 0 Å². The van der Waals surface area contributed by atoms with Crippen LogP contribution in [0, 0.1) is 12.7 Å². The fraction of sp³-hybridized carbons (Fsp3) is 0.350. The number of carbonyl (C=O) groups is 1. The molecule has 1 aliphatic rings. The third-order valence-electron chi connectivity index (χ3n) is 4.94. The molecule has 0 aliphatic carbocycles. The van der Waals surface area contributed by atoms with Crippen LogP contribution < -0.4 is 9.21 Å². The van der Waals surface area contributed by atoms with Crippen LogP contribution in [-0.4, -0.2) is 58.2 Å². The van der Waals surface area contributed by atoms with Crippen molar-refractivity contribution < 1.29 is 17.6 Å². The van der Waals surface area contributed by atoms with Crippen LogP contribution in [0.2, 0.25) is 5.02 Å². The monoisotopic (exact) mass is 439 g/mol. The number of benzene rings is 2. The average Bonchev–Trinajstić information content (AvgIpc) is 2.68. The van der Waals surface area contributed by atoms with E-state index in [0.29, 0.717) is 31.2 Å². The van der Waals surface area contributed by atoms with E-state index in [0.717, 1.165) is 21.8 Å². The van der Waals surface area contributed by atoms with Gasteiger partial charge in [0.15, 0.2) is 0 Å². The Morgan fingerprint density at radius 2 is 1.79 bits per heavy atom. The molecular weight excluding hydrogens is 417 g/mol. The molecule has 2 aromatic carbocycles. The van der Waals surface area contributed by atoms with Gasteiger partial charge in [0.2, 0.25) is 15.9 Å². The molecule has 0 radical (unpaired) electrons. The number of sulfonamides is 1. The van der Waals surface area contributed by atoms with Gasteiger partial charge in [0.1, 0.15) is 12.4 Å². The van der Waals surface area contributed by atoms with Crippen LogP contribution >= 0.6 is 11.6 Å². The Bertz CT molecular complexity index is 1010. The summed E-state index contributed by atoms with van der Waals surface area (Å²) in [6.07, 6.45) is 0.965. The third kappa shape index (κ3) is 5.00. The normalized spacial score (nSPS) is 14.8. The highest BCUT2D eigenvalue weighted by Gasteiger charge is 2.28. The molecule has 0 atom stereocenters. The zero-order valence-electron chi connectivity index (χ0n) is 16.3. The van der Waals surface area contributed by atoms with E-state index >= 15 is 0 Å². The van der Waals surface area contributed by atoms with E-state index < -0.39 is 22.4 Å². The zero-order valence-corrected chi connectivity index (χ0v) is 17.9. The molecule has 29 heavy (non-hydrogen) atoms. The molecule has 9 heteroatoms. The van der Waals surface area contributed by atoms with E-state index in [1.54, 1.807) is 4.90 Å². The van der Waals surface area contributed by atoms with E-state index in [9.17, 15) is 17.6 Å². The van der Waals surface area contributed by atoms with Gasteiger partial charge < -0.3 is 9.80 Å². The molecule has 0 N–H and O–H groups in total. The summed E-state index contributed by atoms with van der Waals surface area (Å²) in [7, 11) is -3.82. The molecule has 1 saturated heterocycles. The lowest BCUT2D eigenvalue weighted by Gasteiger charge is -2.37. The van der Waals surface area contributed by atoms with Crippen molar-refractivity contribution in [2.45, 2.75) is 6.92 Å². The van der Waals surface area contributed by atoms with Gasteiger partial charge in [-0.05, 0) is 36.8 Å². The number of anilines is 2. The van der Waals surface area contributed by atoms with Crippen molar-refractivity contribution in [1.29, 1.82) is 0 Å². The summed E-state index contributed by atoms with van der Waals surface area (Å²) in [6, 6.07) is 11.2. The average molecular weight is 440 g/mol. The van der Waals surface area contributed by atoms with Crippen LogP contribution in [0.5, 0.6) is 0 Å². The maximum absolute atomic E-state index is 14.1. The minimum Gasteiger partial charge on any atom is -0.368 e. The molecular formula is C20H23ClFN3O3S. The van der Waals surface area contributed by atoms with Crippen molar-refractivity contribution in [2.24, 2.45) is 0 Å². The second kappa shape index (κ2) is 8.59. The lowest BCUT2D eigenvalue weighted by atomic mass is 10.1. The summed E-state index contributed by atoms with van der Waals surface area (Å²) < 4.78 is 39.3. The lowest BCUT2D eigenvalue weighted by molar-refractivity contribution is -0.129. The van der Waals surface area contributed by atoms with E-state index in [2.05, 4.69) is 4.90 Å². The second-order valence-corrected chi connectivity index (χ2v) is 9.36. The minimum atomic E-state index is -3.82. The van der Waals surface area contributed by atoms with Crippen LogP contribution in [-0.2, 0) is 14.8 Å². The van der Waals surface area contributed by atoms with Crippen LogP contribution in [0.4, 0.5) is 15.8 Å². The van der Waals surface area contributed by atoms with Gasteiger partial charge in [-0.3, -0.25) is 9.10 Å². The molecule has 2 aromatic rings. The highest BCUT2D eigenvalue weighted by Crippen LogP contribution is 2.26. The molecule has 0 unspecified atom stereocenters. The van der Waals surface area contributed by atoms with E-state index in [-0.39, 0.29) is 11.6 Å². The van der Waals surface area contributed by atoms with Gasteiger partial charge in [-0.25, -0.2) is 12.8 Å². The molecule has 0 saturated carbocycles. The summed E-state index contributed by atoms with van der Waals surface area (Å²) in [5.74, 6) is -1.05. The molecule has 0 spiro atoms. The van der Waals surface area contributed by atoms with Gasteiger partial charge >= 0.3 is 0 Å². The van der Waals surface area contributed by atoms with Crippen LogP contribution in [0.1, 0.15) is 5.56 Å².